The molecule has 0 aromatic carbocycles. The molecular weight excluding hydrogens is 286 g/mol. The summed E-state index contributed by atoms with van der Waals surface area (Å²) in [7, 11) is 5.74. The zero-order chi connectivity index (χ0) is 17.0. The third-order valence-corrected chi connectivity index (χ3v) is 3.15. The zero-order valence-corrected chi connectivity index (χ0v) is 14.0. The van der Waals surface area contributed by atoms with E-state index in [1.165, 1.54) is 0 Å². The molecule has 0 aromatic heterocycles. The number of esters is 1. The molecule has 22 heavy (non-hydrogen) atoms. The van der Waals surface area contributed by atoms with E-state index in [9.17, 15) is 19.5 Å². The van der Waals surface area contributed by atoms with Crippen LogP contribution in [0.25, 0.3) is 0 Å². The van der Waals surface area contributed by atoms with Gasteiger partial charge in [-0.3, -0.25) is 4.79 Å². The zero-order valence-electron chi connectivity index (χ0n) is 14.0. The number of quaternary nitrogens is 1. The predicted molar refractivity (Wildman–Crippen MR) is 80.8 cm³/mol. The molecule has 0 heterocycles. The summed E-state index contributed by atoms with van der Waals surface area (Å²) in [5.41, 5.74) is 0. The SMILES string of the molecule is C[N+](C)(C)CC(CC(=O)[O-])OC(=O)CCCCCCCC=O. The Balaban J connectivity index is 3.96. The van der Waals surface area contributed by atoms with Crippen LogP contribution in [0.2, 0.25) is 0 Å². The number of carbonyl (C=O) groups excluding carboxylic acids is 3. The van der Waals surface area contributed by atoms with Crippen LogP contribution in [0, 0.1) is 0 Å². The van der Waals surface area contributed by atoms with Crippen molar-refractivity contribution in [2.75, 3.05) is 27.7 Å². The van der Waals surface area contributed by atoms with Crippen molar-refractivity contribution < 1.29 is 28.7 Å². The van der Waals surface area contributed by atoms with Crippen molar-refractivity contribution in [3.05, 3.63) is 0 Å². The summed E-state index contributed by atoms with van der Waals surface area (Å²) in [4.78, 5) is 32.6. The molecule has 0 saturated carbocycles. The lowest BCUT2D eigenvalue weighted by atomic mass is 10.1. The van der Waals surface area contributed by atoms with Crippen LogP contribution in [0.4, 0.5) is 0 Å². The van der Waals surface area contributed by atoms with Gasteiger partial charge in [0.25, 0.3) is 0 Å². The third-order valence-electron chi connectivity index (χ3n) is 3.15. The second-order valence-electron chi connectivity index (χ2n) is 6.63. The number of nitrogens with zero attached hydrogens (tertiary/aromatic N) is 1. The van der Waals surface area contributed by atoms with E-state index in [4.69, 9.17) is 4.74 Å². The smallest absolute Gasteiger partial charge is 0.306 e. The maximum atomic E-state index is 11.8. The molecular formula is C16H29NO5. The average molecular weight is 315 g/mol. The molecule has 0 saturated heterocycles. The molecule has 0 fully saturated rings. The number of likely N-dealkylation sites (N-methyl/N-ethyl adjacent to an activating group) is 1. The van der Waals surface area contributed by atoms with Crippen LogP contribution in [0.1, 0.15) is 51.4 Å². The van der Waals surface area contributed by atoms with E-state index >= 15 is 0 Å². The Morgan fingerprint density at radius 1 is 1.09 bits per heavy atom. The molecule has 0 bridgehead atoms. The highest BCUT2D eigenvalue weighted by Crippen LogP contribution is 2.10. The Hall–Kier alpha value is -1.43. The van der Waals surface area contributed by atoms with Crippen LogP contribution in [0.15, 0.2) is 0 Å². The minimum Gasteiger partial charge on any atom is -0.550 e. The fourth-order valence-corrected chi connectivity index (χ4v) is 2.21. The second kappa shape index (κ2) is 11.2. The van der Waals surface area contributed by atoms with E-state index in [-0.39, 0.29) is 12.4 Å². The lowest BCUT2D eigenvalue weighted by Gasteiger charge is -2.29. The van der Waals surface area contributed by atoms with E-state index < -0.39 is 12.1 Å². The van der Waals surface area contributed by atoms with Gasteiger partial charge in [-0.1, -0.05) is 19.3 Å². The molecule has 0 radical (unpaired) electrons. The topological polar surface area (TPSA) is 83.5 Å². The van der Waals surface area contributed by atoms with Crippen LogP contribution < -0.4 is 5.11 Å². The van der Waals surface area contributed by atoms with Crippen molar-refractivity contribution in [2.45, 2.75) is 57.5 Å². The van der Waals surface area contributed by atoms with Crippen LogP contribution in [0.3, 0.4) is 0 Å². The van der Waals surface area contributed by atoms with Gasteiger partial charge >= 0.3 is 5.97 Å². The van der Waals surface area contributed by atoms with E-state index in [2.05, 4.69) is 0 Å². The number of rotatable bonds is 13. The van der Waals surface area contributed by atoms with Gasteiger partial charge in [0.05, 0.1) is 21.1 Å². The lowest BCUT2D eigenvalue weighted by Crippen LogP contribution is -2.45. The highest BCUT2D eigenvalue weighted by atomic mass is 16.5. The Morgan fingerprint density at radius 2 is 1.68 bits per heavy atom. The van der Waals surface area contributed by atoms with Crippen LogP contribution >= 0.6 is 0 Å². The summed E-state index contributed by atoms with van der Waals surface area (Å²) in [5, 5.41) is 10.7. The first-order valence-corrected chi connectivity index (χ1v) is 7.88. The van der Waals surface area contributed by atoms with E-state index in [1.54, 1.807) is 0 Å². The van der Waals surface area contributed by atoms with Crippen molar-refractivity contribution in [2.24, 2.45) is 0 Å². The monoisotopic (exact) mass is 315 g/mol. The number of ether oxygens (including phenoxy) is 1. The van der Waals surface area contributed by atoms with Crippen molar-refractivity contribution in [3.8, 4) is 0 Å². The minimum absolute atomic E-state index is 0.271. The molecule has 6 nitrogen and oxygen atoms in total. The quantitative estimate of drug-likeness (QED) is 0.216. The standard InChI is InChI=1S/C16H29NO5/c1-17(2,3)13-14(12-15(19)20)22-16(21)10-8-6-4-5-7-9-11-18/h11,14H,4-10,12-13H2,1-3H3. The molecule has 0 spiro atoms. The number of carbonyl (C=O) groups is 3. The van der Waals surface area contributed by atoms with Crippen LogP contribution in [0.5, 0.6) is 0 Å². The highest BCUT2D eigenvalue weighted by molar-refractivity contribution is 5.70. The van der Waals surface area contributed by atoms with Crippen LogP contribution in [-0.2, 0) is 19.1 Å². The van der Waals surface area contributed by atoms with Gasteiger partial charge in [-0.15, -0.1) is 0 Å². The Bertz CT molecular complexity index is 349. The van der Waals surface area contributed by atoms with E-state index in [1.807, 2.05) is 21.1 Å². The van der Waals surface area contributed by atoms with Gasteiger partial charge in [-0.25, -0.2) is 0 Å². The summed E-state index contributed by atoms with van der Waals surface area (Å²) >= 11 is 0. The number of carboxylic acids is 1. The minimum atomic E-state index is -1.21. The van der Waals surface area contributed by atoms with Crippen LogP contribution in [-0.4, -0.2) is 56.5 Å². The van der Waals surface area contributed by atoms with Crippen molar-refractivity contribution >= 4 is 18.2 Å². The van der Waals surface area contributed by atoms with Crippen molar-refractivity contribution in [1.29, 1.82) is 0 Å². The number of hydrogen-bond acceptors (Lipinski definition) is 5. The third kappa shape index (κ3) is 13.5. The first kappa shape index (κ1) is 20.6. The molecule has 0 aliphatic rings. The maximum Gasteiger partial charge on any atom is 0.306 e. The molecule has 128 valence electrons. The summed E-state index contributed by atoms with van der Waals surface area (Å²) in [5.74, 6) is -1.56. The molecule has 0 aliphatic carbocycles. The molecule has 0 rings (SSSR count). The fourth-order valence-electron chi connectivity index (χ4n) is 2.21. The van der Waals surface area contributed by atoms with Gasteiger partial charge < -0.3 is 23.9 Å². The highest BCUT2D eigenvalue weighted by Gasteiger charge is 2.22. The van der Waals surface area contributed by atoms with Gasteiger partial charge in [0.15, 0.2) is 6.10 Å². The maximum absolute atomic E-state index is 11.8. The summed E-state index contributed by atoms with van der Waals surface area (Å²) in [6, 6.07) is 0. The first-order valence-electron chi connectivity index (χ1n) is 7.88. The Labute approximate surface area is 133 Å². The first-order chi connectivity index (χ1) is 10.2. The van der Waals surface area contributed by atoms with Gasteiger partial charge in [0.2, 0.25) is 0 Å². The normalized spacial score (nSPS) is 12.7. The Morgan fingerprint density at radius 3 is 2.23 bits per heavy atom. The van der Waals surface area contributed by atoms with Crippen molar-refractivity contribution in [3.63, 3.8) is 0 Å². The summed E-state index contributed by atoms with van der Waals surface area (Å²) in [6.07, 6.45) is 5.40. The van der Waals surface area contributed by atoms with Gasteiger partial charge in [0.1, 0.15) is 12.8 Å². The largest absolute Gasteiger partial charge is 0.550 e. The molecule has 0 N–H and O–H groups in total. The molecule has 1 atom stereocenters. The van der Waals surface area contributed by atoms with E-state index in [0.29, 0.717) is 23.9 Å². The lowest BCUT2D eigenvalue weighted by molar-refractivity contribution is -0.873. The van der Waals surface area contributed by atoms with Gasteiger partial charge in [0, 0.05) is 25.2 Å². The predicted octanol–water partition coefficient (Wildman–Crippen LogP) is 0.674. The molecule has 0 aliphatic heterocycles. The Kier molecular flexibility index (Phi) is 10.5. The molecule has 0 aromatic rings. The van der Waals surface area contributed by atoms with Crippen molar-refractivity contribution in [1.82, 2.24) is 0 Å². The number of aliphatic carboxylic acids is 1. The van der Waals surface area contributed by atoms with E-state index in [0.717, 1.165) is 38.4 Å². The average Bonchev–Trinajstić information content (AvgIpc) is 2.34. The number of carboxylic acid groups (broad SMARTS) is 1. The number of aldehydes is 1. The molecule has 1 unspecified atom stereocenters. The fraction of sp³-hybridized carbons (Fsp3) is 0.812. The number of hydrogen-bond donors (Lipinski definition) is 0. The second-order valence-corrected chi connectivity index (χ2v) is 6.63. The molecule has 6 heteroatoms. The summed E-state index contributed by atoms with van der Waals surface area (Å²) in [6.45, 7) is 0.436. The van der Waals surface area contributed by atoms with Gasteiger partial charge in [-0.2, -0.15) is 0 Å². The van der Waals surface area contributed by atoms with Gasteiger partial charge in [-0.05, 0) is 12.8 Å². The molecule has 0 amide bonds. The number of unbranched alkanes of at least 4 members (excludes halogenated alkanes) is 5. The summed E-state index contributed by atoms with van der Waals surface area (Å²) < 4.78 is 5.78.